The lowest BCUT2D eigenvalue weighted by molar-refractivity contribution is 0.0690. The highest BCUT2D eigenvalue weighted by Gasteiger charge is 2.26. The quantitative estimate of drug-likeness (QED) is 0.890. The lowest BCUT2D eigenvalue weighted by Gasteiger charge is -2.30. The largest absolute Gasteiger partial charge is 0.477 e. The van der Waals surface area contributed by atoms with Gasteiger partial charge in [-0.05, 0) is 31.2 Å². The fraction of sp³-hybridized carbons (Fsp3) is 0.500. The van der Waals surface area contributed by atoms with E-state index in [4.69, 9.17) is 5.11 Å². The summed E-state index contributed by atoms with van der Waals surface area (Å²) in [6.45, 7) is 0. The number of hydrogen-bond donors (Lipinski definition) is 2. The van der Waals surface area contributed by atoms with E-state index in [9.17, 15) is 9.59 Å². The highest BCUT2D eigenvalue weighted by atomic mass is 32.2. The average Bonchev–Trinajstić information content (AvgIpc) is 2.48. The average molecular weight is 294 g/mol. The molecule has 1 aliphatic rings. The molecule has 0 spiro atoms. The van der Waals surface area contributed by atoms with Crippen LogP contribution >= 0.6 is 11.8 Å². The molecule has 1 saturated carbocycles. The van der Waals surface area contributed by atoms with Gasteiger partial charge < -0.3 is 10.4 Å². The molecule has 1 fully saturated rings. The molecule has 6 heteroatoms. The van der Waals surface area contributed by atoms with Crippen LogP contribution in [0.4, 0.5) is 0 Å². The third-order valence-electron chi connectivity index (χ3n) is 3.56. The van der Waals surface area contributed by atoms with Crippen molar-refractivity contribution in [2.24, 2.45) is 0 Å². The van der Waals surface area contributed by atoms with Crippen LogP contribution in [0.5, 0.6) is 0 Å². The van der Waals surface area contributed by atoms with Crippen LogP contribution < -0.4 is 5.32 Å². The summed E-state index contributed by atoms with van der Waals surface area (Å²) < 4.78 is 0. The van der Waals surface area contributed by atoms with Crippen LogP contribution in [0.1, 0.15) is 46.5 Å². The maximum atomic E-state index is 12.2. The lowest BCUT2D eigenvalue weighted by Crippen LogP contribution is -2.43. The number of thioether (sulfide) groups is 1. The van der Waals surface area contributed by atoms with E-state index in [1.54, 1.807) is 17.8 Å². The van der Waals surface area contributed by atoms with Gasteiger partial charge in [-0.15, -0.1) is 0 Å². The molecule has 5 nitrogen and oxygen atoms in total. The van der Waals surface area contributed by atoms with Crippen LogP contribution in [0.2, 0.25) is 0 Å². The van der Waals surface area contributed by atoms with Gasteiger partial charge in [-0.1, -0.05) is 12.8 Å². The smallest absolute Gasteiger partial charge is 0.354 e. The van der Waals surface area contributed by atoms with E-state index in [2.05, 4.69) is 16.6 Å². The fourth-order valence-corrected chi connectivity index (χ4v) is 3.42. The van der Waals surface area contributed by atoms with Crippen molar-refractivity contribution in [3.05, 3.63) is 29.6 Å². The normalized spacial score (nSPS) is 22.2. The highest BCUT2D eigenvalue weighted by molar-refractivity contribution is 7.99. The van der Waals surface area contributed by atoms with Crippen molar-refractivity contribution >= 4 is 23.6 Å². The minimum Gasteiger partial charge on any atom is -0.477 e. The molecule has 2 N–H and O–H groups in total. The fourth-order valence-electron chi connectivity index (χ4n) is 2.48. The lowest BCUT2D eigenvalue weighted by atomic mass is 9.94. The predicted octanol–water partition coefficient (Wildman–Crippen LogP) is 2.18. The molecule has 1 heterocycles. The summed E-state index contributed by atoms with van der Waals surface area (Å²) in [4.78, 5) is 26.8. The summed E-state index contributed by atoms with van der Waals surface area (Å²) in [7, 11) is 0. The zero-order valence-electron chi connectivity index (χ0n) is 11.3. The Morgan fingerprint density at radius 1 is 1.40 bits per heavy atom. The number of aromatic carboxylic acids is 1. The maximum absolute atomic E-state index is 12.2. The Balaban J connectivity index is 2.07. The van der Waals surface area contributed by atoms with E-state index in [0.717, 1.165) is 19.3 Å². The van der Waals surface area contributed by atoms with Crippen molar-refractivity contribution in [3.8, 4) is 0 Å². The van der Waals surface area contributed by atoms with Crippen LogP contribution in [0.15, 0.2) is 18.3 Å². The first-order valence-electron chi connectivity index (χ1n) is 6.65. The Hall–Kier alpha value is -1.56. The van der Waals surface area contributed by atoms with E-state index in [1.807, 2.05) is 0 Å². The second-order valence-corrected chi connectivity index (χ2v) is 5.95. The van der Waals surface area contributed by atoms with Gasteiger partial charge in [0.1, 0.15) is 5.69 Å². The molecular weight excluding hydrogens is 276 g/mol. The molecule has 2 rings (SSSR count). The molecule has 1 aromatic rings. The molecule has 1 aliphatic carbocycles. The van der Waals surface area contributed by atoms with Crippen LogP contribution in [0.3, 0.4) is 0 Å². The first-order valence-corrected chi connectivity index (χ1v) is 7.93. The first kappa shape index (κ1) is 14.8. The van der Waals surface area contributed by atoms with E-state index < -0.39 is 5.97 Å². The van der Waals surface area contributed by atoms with Crippen molar-refractivity contribution in [3.63, 3.8) is 0 Å². The summed E-state index contributed by atoms with van der Waals surface area (Å²) in [6, 6.07) is 3.01. The summed E-state index contributed by atoms with van der Waals surface area (Å²) >= 11 is 1.78. The predicted molar refractivity (Wildman–Crippen MR) is 78.2 cm³/mol. The third-order valence-corrected chi connectivity index (χ3v) is 4.73. The highest BCUT2D eigenvalue weighted by Crippen LogP contribution is 2.27. The SMILES string of the molecule is CSC1CCCCC1NC(=O)c1ccnc(C(=O)O)c1. The van der Waals surface area contributed by atoms with Crippen LogP contribution in [-0.2, 0) is 0 Å². The second kappa shape index (κ2) is 6.74. The Labute approximate surface area is 122 Å². The molecule has 1 amide bonds. The van der Waals surface area contributed by atoms with Gasteiger partial charge in [0.05, 0.1) is 0 Å². The molecule has 2 unspecified atom stereocenters. The molecule has 0 aliphatic heterocycles. The van der Waals surface area contributed by atoms with Crippen LogP contribution in [-0.4, -0.2) is 39.5 Å². The molecule has 2 atom stereocenters. The van der Waals surface area contributed by atoms with Crippen molar-refractivity contribution < 1.29 is 14.7 Å². The van der Waals surface area contributed by atoms with E-state index >= 15 is 0 Å². The number of nitrogens with zero attached hydrogens (tertiary/aromatic N) is 1. The number of carbonyl (C=O) groups is 2. The van der Waals surface area contributed by atoms with Crippen molar-refractivity contribution in [1.29, 1.82) is 0 Å². The van der Waals surface area contributed by atoms with Gasteiger partial charge in [0, 0.05) is 23.1 Å². The Morgan fingerprint density at radius 3 is 2.85 bits per heavy atom. The monoisotopic (exact) mass is 294 g/mol. The number of carbonyl (C=O) groups excluding carboxylic acids is 1. The molecule has 0 saturated heterocycles. The summed E-state index contributed by atoms with van der Waals surface area (Å²) in [5, 5.41) is 12.4. The summed E-state index contributed by atoms with van der Waals surface area (Å²) in [5.74, 6) is -1.35. The Bertz CT molecular complexity index is 507. The van der Waals surface area contributed by atoms with Crippen LogP contribution in [0.25, 0.3) is 0 Å². The van der Waals surface area contributed by atoms with E-state index in [1.165, 1.54) is 18.7 Å². The van der Waals surface area contributed by atoms with Gasteiger partial charge in [0.2, 0.25) is 0 Å². The zero-order chi connectivity index (χ0) is 14.5. The van der Waals surface area contributed by atoms with Gasteiger partial charge in [-0.2, -0.15) is 11.8 Å². The molecule has 0 bridgehead atoms. The number of amides is 1. The zero-order valence-corrected chi connectivity index (χ0v) is 12.2. The van der Waals surface area contributed by atoms with Gasteiger partial charge in [-0.3, -0.25) is 4.79 Å². The van der Waals surface area contributed by atoms with Gasteiger partial charge in [0.25, 0.3) is 5.91 Å². The van der Waals surface area contributed by atoms with Crippen molar-refractivity contribution in [1.82, 2.24) is 10.3 Å². The van der Waals surface area contributed by atoms with Crippen LogP contribution in [0, 0.1) is 0 Å². The number of hydrogen-bond acceptors (Lipinski definition) is 4. The summed E-state index contributed by atoms with van der Waals surface area (Å²) in [6.07, 6.45) is 7.83. The number of pyridine rings is 1. The number of rotatable bonds is 4. The minimum absolute atomic E-state index is 0.109. The third kappa shape index (κ3) is 3.50. The van der Waals surface area contributed by atoms with E-state index in [-0.39, 0.29) is 17.6 Å². The van der Waals surface area contributed by atoms with Gasteiger partial charge in [0.15, 0.2) is 0 Å². The molecule has 0 aromatic carbocycles. The Morgan fingerprint density at radius 2 is 2.15 bits per heavy atom. The number of aromatic nitrogens is 1. The number of carboxylic acids is 1. The molecule has 1 aromatic heterocycles. The molecular formula is C14H18N2O3S. The number of nitrogens with one attached hydrogen (secondary N) is 1. The van der Waals surface area contributed by atoms with Gasteiger partial charge >= 0.3 is 5.97 Å². The second-order valence-electron chi connectivity index (χ2n) is 4.87. The van der Waals surface area contributed by atoms with Crippen molar-refractivity contribution in [2.75, 3.05) is 6.26 Å². The summed E-state index contributed by atoms with van der Waals surface area (Å²) in [5.41, 5.74) is 0.241. The maximum Gasteiger partial charge on any atom is 0.354 e. The van der Waals surface area contributed by atoms with Gasteiger partial charge in [-0.25, -0.2) is 9.78 Å². The molecule has 20 heavy (non-hydrogen) atoms. The van der Waals surface area contributed by atoms with Crippen molar-refractivity contribution in [2.45, 2.75) is 37.0 Å². The topological polar surface area (TPSA) is 79.3 Å². The first-order chi connectivity index (χ1) is 9.61. The Kier molecular flexibility index (Phi) is 5.00. The standard InChI is InChI=1S/C14H18N2O3S/c1-20-12-5-3-2-4-10(12)16-13(17)9-6-7-15-11(8-9)14(18)19/h6-8,10,12H,2-5H2,1H3,(H,16,17)(H,18,19). The number of carboxylic acid groups (broad SMARTS) is 1. The van der Waals surface area contributed by atoms with E-state index in [0.29, 0.717) is 10.8 Å². The molecule has 108 valence electrons. The minimum atomic E-state index is -1.13. The molecule has 0 radical (unpaired) electrons.